The molecule has 1 aliphatic heterocycles. The number of halogens is 3. The summed E-state index contributed by atoms with van der Waals surface area (Å²) in [7, 11) is 0. The number of carbonyl (C=O) groups excluding carboxylic acids is 1. The summed E-state index contributed by atoms with van der Waals surface area (Å²) in [6.07, 6.45) is 2.12. The first-order chi connectivity index (χ1) is 9.61. The number of likely N-dealkylation sites (tertiary alicyclic amines) is 1. The van der Waals surface area contributed by atoms with Crippen LogP contribution in [0, 0.1) is 5.92 Å². The van der Waals surface area contributed by atoms with Crippen LogP contribution in [0.5, 0.6) is 0 Å². The van der Waals surface area contributed by atoms with Crippen molar-refractivity contribution in [3.05, 3.63) is 33.3 Å². The minimum atomic E-state index is 0. The molecule has 1 saturated heterocycles. The Bertz CT molecular complexity index is 477. The van der Waals surface area contributed by atoms with Crippen molar-refractivity contribution in [1.82, 2.24) is 10.2 Å². The van der Waals surface area contributed by atoms with E-state index in [4.69, 9.17) is 11.6 Å². The molecule has 1 heterocycles. The molecule has 0 bridgehead atoms. The van der Waals surface area contributed by atoms with Gasteiger partial charge in [-0.1, -0.05) is 34.5 Å². The van der Waals surface area contributed by atoms with E-state index in [0.29, 0.717) is 16.5 Å². The second kappa shape index (κ2) is 8.99. The lowest BCUT2D eigenvalue weighted by molar-refractivity contribution is 0.0690. The highest BCUT2D eigenvalue weighted by Gasteiger charge is 2.24. The maximum atomic E-state index is 12.5. The molecule has 0 saturated carbocycles. The quantitative estimate of drug-likeness (QED) is 0.835. The Morgan fingerprint density at radius 1 is 1.43 bits per heavy atom. The summed E-state index contributed by atoms with van der Waals surface area (Å²) in [6, 6.07) is 5.41. The van der Waals surface area contributed by atoms with Crippen LogP contribution in [0.25, 0.3) is 0 Å². The van der Waals surface area contributed by atoms with Gasteiger partial charge >= 0.3 is 0 Å². The summed E-state index contributed by atoms with van der Waals surface area (Å²) in [5.41, 5.74) is 0.589. The molecule has 3 nitrogen and oxygen atoms in total. The first-order valence-corrected chi connectivity index (χ1v) is 8.24. The van der Waals surface area contributed by atoms with Gasteiger partial charge in [0.05, 0.1) is 10.6 Å². The Labute approximate surface area is 146 Å². The van der Waals surface area contributed by atoms with Crippen LogP contribution in [0.15, 0.2) is 22.7 Å². The molecule has 1 aromatic carbocycles. The minimum Gasteiger partial charge on any atom is -0.339 e. The van der Waals surface area contributed by atoms with Gasteiger partial charge in [0, 0.05) is 17.6 Å². The standard InChI is InChI=1S/C15H20BrClN2O.ClH/c1-2-18-10-11-5-7-19(8-6-11)15(20)13-9-12(16)3-4-14(13)17;/h3-4,9,11,18H,2,5-8,10H2,1H3;1H. The average Bonchev–Trinajstić information content (AvgIpc) is 2.47. The number of nitrogens with one attached hydrogen (secondary N) is 1. The summed E-state index contributed by atoms with van der Waals surface area (Å²) in [5, 5.41) is 3.90. The van der Waals surface area contributed by atoms with Gasteiger partial charge in [0.1, 0.15) is 0 Å². The number of piperidine rings is 1. The van der Waals surface area contributed by atoms with Crippen molar-refractivity contribution in [2.45, 2.75) is 19.8 Å². The van der Waals surface area contributed by atoms with E-state index in [9.17, 15) is 4.79 Å². The number of rotatable bonds is 4. The van der Waals surface area contributed by atoms with Gasteiger partial charge in [-0.25, -0.2) is 0 Å². The van der Waals surface area contributed by atoms with E-state index < -0.39 is 0 Å². The molecule has 1 aromatic rings. The van der Waals surface area contributed by atoms with E-state index in [1.54, 1.807) is 12.1 Å². The summed E-state index contributed by atoms with van der Waals surface area (Å²) in [6.45, 7) is 5.81. The zero-order valence-corrected chi connectivity index (χ0v) is 15.2. The fourth-order valence-electron chi connectivity index (χ4n) is 2.52. The number of nitrogens with zero attached hydrogens (tertiary/aromatic N) is 1. The van der Waals surface area contributed by atoms with Gasteiger partial charge in [0.15, 0.2) is 0 Å². The van der Waals surface area contributed by atoms with Gasteiger partial charge in [-0.2, -0.15) is 0 Å². The third-order valence-electron chi connectivity index (χ3n) is 3.74. The highest BCUT2D eigenvalue weighted by molar-refractivity contribution is 9.10. The Hall–Kier alpha value is -0.290. The third kappa shape index (κ3) is 5.13. The highest BCUT2D eigenvalue weighted by atomic mass is 79.9. The second-order valence-corrected chi connectivity index (χ2v) is 6.49. The third-order valence-corrected chi connectivity index (χ3v) is 4.57. The average molecular weight is 396 g/mol. The first-order valence-electron chi connectivity index (χ1n) is 7.07. The molecule has 0 atom stereocenters. The smallest absolute Gasteiger partial charge is 0.255 e. The summed E-state index contributed by atoms with van der Waals surface area (Å²) in [4.78, 5) is 14.4. The fourth-order valence-corrected chi connectivity index (χ4v) is 3.08. The topological polar surface area (TPSA) is 32.3 Å². The minimum absolute atomic E-state index is 0. The summed E-state index contributed by atoms with van der Waals surface area (Å²) >= 11 is 9.52. The molecule has 1 aliphatic rings. The predicted octanol–water partition coefficient (Wildman–Crippen LogP) is 3.99. The van der Waals surface area contributed by atoms with Crippen LogP contribution in [0.4, 0.5) is 0 Å². The molecule has 2 rings (SSSR count). The highest BCUT2D eigenvalue weighted by Crippen LogP contribution is 2.25. The van der Waals surface area contributed by atoms with Gasteiger partial charge in [-0.3, -0.25) is 4.79 Å². The molecular formula is C15H21BrCl2N2O. The zero-order chi connectivity index (χ0) is 14.5. The number of hydrogen-bond acceptors (Lipinski definition) is 2. The molecule has 0 unspecified atom stereocenters. The van der Waals surface area contributed by atoms with Crippen molar-refractivity contribution < 1.29 is 4.79 Å². The fraction of sp³-hybridized carbons (Fsp3) is 0.533. The van der Waals surface area contributed by atoms with Crippen LogP contribution in [0.1, 0.15) is 30.1 Å². The van der Waals surface area contributed by atoms with Crippen LogP contribution in [0.2, 0.25) is 5.02 Å². The van der Waals surface area contributed by atoms with Crippen molar-refractivity contribution in [1.29, 1.82) is 0 Å². The normalized spacial score (nSPS) is 15.7. The number of amides is 1. The molecule has 21 heavy (non-hydrogen) atoms. The molecule has 1 amide bonds. The molecule has 0 aliphatic carbocycles. The van der Waals surface area contributed by atoms with E-state index in [-0.39, 0.29) is 18.3 Å². The molecular weight excluding hydrogens is 375 g/mol. The monoisotopic (exact) mass is 394 g/mol. The van der Waals surface area contributed by atoms with Crippen molar-refractivity contribution in [3.8, 4) is 0 Å². The van der Waals surface area contributed by atoms with Gasteiger partial charge in [0.25, 0.3) is 5.91 Å². The molecule has 0 radical (unpaired) electrons. The van der Waals surface area contributed by atoms with E-state index >= 15 is 0 Å². The maximum Gasteiger partial charge on any atom is 0.255 e. The molecule has 6 heteroatoms. The van der Waals surface area contributed by atoms with Gasteiger partial charge in [0.2, 0.25) is 0 Å². The van der Waals surface area contributed by atoms with Crippen molar-refractivity contribution in [2.24, 2.45) is 5.92 Å². The first kappa shape index (κ1) is 18.8. The SMILES string of the molecule is CCNCC1CCN(C(=O)c2cc(Br)ccc2Cl)CC1.Cl. The lowest BCUT2D eigenvalue weighted by Gasteiger charge is -2.32. The zero-order valence-electron chi connectivity index (χ0n) is 12.1. The Morgan fingerprint density at radius 2 is 2.10 bits per heavy atom. The van der Waals surface area contributed by atoms with Crippen LogP contribution >= 0.6 is 39.9 Å². The number of benzene rings is 1. The van der Waals surface area contributed by atoms with E-state index in [2.05, 4.69) is 28.2 Å². The molecule has 0 aromatic heterocycles. The number of carbonyl (C=O) groups is 1. The Morgan fingerprint density at radius 3 is 2.71 bits per heavy atom. The molecule has 0 spiro atoms. The van der Waals surface area contributed by atoms with Gasteiger partial charge in [-0.05, 0) is 50.0 Å². The summed E-state index contributed by atoms with van der Waals surface area (Å²) in [5.74, 6) is 0.718. The predicted molar refractivity (Wildman–Crippen MR) is 93.6 cm³/mol. The maximum absolute atomic E-state index is 12.5. The molecule has 1 N–H and O–H groups in total. The van der Waals surface area contributed by atoms with Gasteiger partial charge < -0.3 is 10.2 Å². The van der Waals surface area contributed by atoms with Crippen molar-refractivity contribution >= 4 is 45.8 Å². The van der Waals surface area contributed by atoms with E-state index in [1.165, 1.54) is 0 Å². The van der Waals surface area contributed by atoms with Crippen LogP contribution in [-0.2, 0) is 0 Å². The van der Waals surface area contributed by atoms with E-state index in [1.807, 2.05) is 11.0 Å². The molecule has 118 valence electrons. The van der Waals surface area contributed by atoms with Crippen LogP contribution < -0.4 is 5.32 Å². The van der Waals surface area contributed by atoms with E-state index in [0.717, 1.165) is 43.5 Å². The summed E-state index contributed by atoms with van der Waals surface area (Å²) < 4.78 is 0.882. The lowest BCUT2D eigenvalue weighted by Crippen LogP contribution is -2.40. The Balaban J connectivity index is 0.00000220. The van der Waals surface area contributed by atoms with Crippen molar-refractivity contribution in [3.63, 3.8) is 0 Å². The molecule has 1 fully saturated rings. The lowest BCUT2D eigenvalue weighted by atomic mass is 9.96. The van der Waals surface area contributed by atoms with Gasteiger partial charge in [-0.15, -0.1) is 12.4 Å². The van der Waals surface area contributed by atoms with Crippen molar-refractivity contribution in [2.75, 3.05) is 26.2 Å². The number of hydrogen-bond donors (Lipinski definition) is 1. The van der Waals surface area contributed by atoms with Crippen LogP contribution in [-0.4, -0.2) is 37.0 Å². The largest absolute Gasteiger partial charge is 0.339 e. The second-order valence-electron chi connectivity index (χ2n) is 5.17. The van der Waals surface area contributed by atoms with Crippen LogP contribution in [0.3, 0.4) is 0 Å². The Kier molecular flexibility index (Phi) is 8.03.